The van der Waals surface area contributed by atoms with Crippen LogP contribution >= 0.6 is 0 Å². The number of nitrogen functional groups attached to an aromatic ring is 1. The fraction of sp³-hybridized carbons (Fsp3) is 0.0667. The number of fused-ring (bicyclic) bond motifs is 1. The Morgan fingerprint density at radius 2 is 2.10 bits per heavy atom. The first-order valence-electron chi connectivity index (χ1n) is 6.27. The number of nitrogens with one attached hydrogen (secondary N) is 1. The maximum absolute atomic E-state index is 12.4. The predicted octanol–water partition coefficient (Wildman–Crippen LogP) is 1.73. The molecule has 5 heteroatoms. The lowest BCUT2D eigenvalue weighted by molar-refractivity contribution is 0.747. The summed E-state index contributed by atoms with van der Waals surface area (Å²) in [6.45, 7) is 0.465. The summed E-state index contributed by atoms with van der Waals surface area (Å²) in [4.78, 5) is 16.7. The zero-order valence-corrected chi connectivity index (χ0v) is 10.8. The Balaban J connectivity index is 2.05. The smallest absolute Gasteiger partial charge is 0.258 e. The highest BCUT2D eigenvalue weighted by Gasteiger charge is 2.04. The van der Waals surface area contributed by atoms with E-state index in [4.69, 9.17) is 5.84 Å². The molecule has 0 atom stereocenters. The minimum atomic E-state index is -0.0308. The molecule has 2 aromatic heterocycles. The van der Waals surface area contributed by atoms with Gasteiger partial charge < -0.3 is 9.99 Å². The molecule has 3 aromatic rings. The van der Waals surface area contributed by atoms with Crippen LogP contribution in [0.5, 0.6) is 0 Å². The third-order valence-corrected chi connectivity index (χ3v) is 3.20. The van der Waals surface area contributed by atoms with E-state index in [-0.39, 0.29) is 5.56 Å². The Morgan fingerprint density at radius 1 is 1.20 bits per heavy atom. The first-order valence-corrected chi connectivity index (χ1v) is 6.27. The summed E-state index contributed by atoms with van der Waals surface area (Å²) in [5.41, 5.74) is 4.18. The number of nitrogens with zero attached hydrogens (tertiary/aromatic N) is 2. The molecular formula is C15H14N4O. The van der Waals surface area contributed by atoms with Gasteiger partial charge in [0.25, 0.3) is 5.56 Å². The largest absolute Gasteiger partial charge is 0.324 e. The van der Waals surface area contributed by atoms with E-state index >= 15 is 0 Å². The molecule has 0 radical (unpaired) electrons. The molecule has 0 saturated carbocycles. The summed E-state index contributed by atoms with van der Waals surface area (Å²) >= 11 is 0. The van der Waals surface area contributed by atoms with E-state index in [0.29, 0.717) is 11.9 Å². The quantitative estimate of drug-likeness (QED) is 0.559. The minimum Gasteiger partial charge on any atom is -0.324 e. The predicted molar refractivity (Wildman–Crippen MR) is 79.4 cm³/mol. The van der Waals surface area contributed by atoms with Crippen LogP contribution in [0.1, 0.15) is 5.69 Å². The first kappa shape index (κ1) is 12.4. The Kier molecular flexibility index (Phi) is 3.18. The van der Waals surface area contributed by atoms with Gasteiger partial charge in [0.05, 0.1) is 12.2 Å². The van der Waals surface area contributed by atoms with Crippen molar-refractivity contribution in [2.45, 2.75) is 6.54 Å². The summed E-state index contributed by atoms with van der Waals surface area (Å²) in [5.74, 6) is 5.37. The van der Waals surface area contributed by atoms with Gasteiger partial charge in [-0.25, -0.2) is 0 Å². The third-order valence-electron chi connectivity index (χ3n) is 3.20. The van der Waals surface area contributed by atoms with Crippen molar-refractivity contribution < 1.29 is 0 Å². The average Bonchev–Trinajstić information content (AvgIpc) is 2.51. The summed E-state index contributed by atoms with van der Waals surface area (Å²) in [6.07, 6.45) is 3.50. The molecule has 0 aliphatic rings. The number of anilines is 1. The van der Waals surface area contributed by atoms with E-state index in [1.165, 1.54) is 0 Å². The highest BCUT2D eigenvalue weighted by atomic mass is 16.1. The highest BCUT2D eigenvalue weighted by Crippen LogP contribution is 2.15. The average molecular weight is 266 g/mol. The fourth-order valence-electron chi connectivity index (χ4n) is 2.17. The van der Waals surface area contributed by atoms with Crippen molar-refractivity contribution in [3.8, 4) is 0 Å². The lowest BCUT2D eigenvalue weighted by Crippen LogP contribution is -2.20. The van der Waals surface area contributed by atoms with E-state index in [1.54, 1.807) is 29.1 Å². The standard InChI is InChI=1S/C15H14N4O/c16-18-12-4-5-14-11(9-12)6-8-19(15(14)20)10-13-3-1-2-7-17-13/h1-9,18H,10,16H2. The van der Waals surface area contributed by atoms with Crippen LogP contribution in [0, 0.1) is 0 Å². The van der Waals surface area contributed by atoms with Crippen LogP contribution < -0.4 is 16.8 Å². The van der Waals surface area contributed by atoms with Gasteiger partial charge in [-0.3, -0.25) is 15.6 Å². The van der Waals surface area contributed by atoms with Gasteiger partial charge in [0.2, 0.25) is 0 Å². The molecule has 1 aromatic carbocycles. The lowest BCUT2D eigenvalue weighted by Gasteiger charge is -2.08. The molecule has 0 bridgehead atoms. The monoisotopic (exact) mass is 266 g/mol. The number of nitrogens with two attached hydrogens (primary N) is 1. The molecule has 2 heterocycles. The number of hydrogen-bond acceptors (Lipinski definition) is 4. The summed E-state index contributed by atoms with van der Waals surface area (Å²) in [7, 11) is 0. The van der Waals surface area contributed by atoms with E-state index < -0.39 is 0 Å². The molecule has 0 fully saturated rings. The maximum Gasteiger partial charge on any atom is 0.258 e. The van der Waals surface area contributed by atoms with E-state index in [2.05, 4.69) is 10.4 Å². The Labute approximate surface area is 115 Å². The summed E-state index contributed by atoms with van der Waals surface area (Å²) < 4.78 is 1.65. The molecule has 0 aliphatic heterocycles. The van der Waals surface area contributed by atoms with Gasteiger partial charge in [-0.1, -0.05) is 6.07 Å². The zero-order chi connectivity index (χ0) is 13.9. The lowest BCUT2D eigenvalue weighted by atomic mass is 10.1. The van der Waals surface area contributed by atoms with Gasteiger partial charge in [-0.05, 0) is 41.8 Å². The number of aromatic nitrogens is 2. The second kappa shape index (κ2) is 5.14. The van der Waals surface area contributed by atoms with Crippen LogP contribution in [0.4, 0.5) is 5.69 Å². The molecule has 0 unspecified atom stereocenters. The van der Waals surface area contributed by atoms with Gasteiger partial charge in [0.1, 0.15) is 0 Å². The topological polar surface area (TPSA) is 72.9 Å². The van der Waals surface area contributed by atoms with Crippen molar-refractivity contribution in [2.75, 3.05) is 5.43 Å². The normalized spacial score (nSPS) is 10.7. The van der Waals surface area contributed by atoms with Crippen LogP contribution in [-0.4, -0.2) is 9.55 Å². The second-order valence-corrected chi connectivity index (χ2v) is 4.52. The Bertz CT molecular complexity index is 796. The molecule has 3 N–H and O–H groups in total. The second-order valence-electron chi connectivity index (χ2n) is 4.52. The van der Waals surface area contributed by atoms with E-state index in [1.807, 2.05) is 30.3 Å². The van der Waals surface area contributed by atoms with Crippen molar-refractivity contribution in [1.29, 1.82) is 0 Å². The van der Waals surface area contributed by atoms with Crippen molar-refractivity contribution in [3.63, 3.8) is 0 Å². The Morgan fingerprint density at radius 3 is 2.85 bits per heavy atom. The number of pyridine rings is 2. The molecule has 3 rings (SSSR count). The number of hydrogen-bond donors (Lipinski definition) is 2. The van der Waals surface area contributed by atoms with Crippen LogP contribution in [0.15, 0.2) is 59.7 Å². The van der Waals surface area contributed by atoms with Crippen molar-refractivity contribution in [1.82, 2.24) is 9.55 Å². The molecule has 0 saturated heterocycles. The van der Waals surface area contributed by atoms with Crippen LogP contribution in [-0.2, 0) is 6.54 Å². The molecule has 5 nitrogen and oxygen atoms in total. The molecule has 100 valence electrons. The number of benzene rings is 1. The van der Waals surface area contributed by atoms with Crippen LogP contribution in [0.3, 0.4) is 0 Å². The third kappa shape index (κ3) is 2.26. The summed E-state index contributed by atoms with van der Waals surface area (Å²) in [5, 5.41) is 1.53. The van der Waals surface area contributed by atoms with Gasteiger partial charge in [0, 0.05) is 23.5 Å². The minimum absolute atomic E-state index is 0.0308. The van der Waals surface area contributed by atoms with Crippen molar-refractivity contribution >= 4 is 16.5 Å². The van der Waals surface area contributed by atoms with Crippen LogP contribution in [0.2, 0.25) is 0 Å². The molecule has 0 spiro atoms. The van der Waals surface area contributed by atoms with E-state index in [9.17, 15) is 4.79 Å². The summed E-state index contributed by atoms with van der Waals surface area (Å²) in [6, 6.07) is 13.0. The van der Waals surface area contributed by atoms with Crippen molar-refractivity contribution in [3.05, 3.63) is 70.9 Å². The molecule has 20 heavy (non-hydrogen) atoms. The van der Waals surface area contributed by atoms with Gasteiger partial charge >= 0.3 is 0 Å². The van der Waals surface area contributed by atoms with Crippen LogP contribution in [0.25, 0.3) is 10.8 Å². The molecular weight excluding hydrogens is 252 g/mol. The maximum atomic E-state index is 12.4. The highest BCUT2D eigenvalue weighted by molar-refractivity contribution is 5.84. The SMILES string of the molecule is NNc1ccc2c(=O)n(Cc3ccccn3)ccc2c1. The van der Waals surface area contributed by atoms with E-state index in [0.717, 1.165) is 16.8 Å². The van der Waals surface area contributed by atoms with Gasteiger partial charge in [0.15, 0.2) is 0 Å². The Hall–Kier alpha value is -2.66. The fourth-order valence-corrected chi connectivity index (χ4v) is 2.17. The van der Waals surface area contributed by atoms with Gasteiger partial charge in [-0.15, -0.1) is 0 Å². The number of hydrazine groups is 1. The number of rotatable bonds is 3. The van der Waals surface area contributed by atoms with Crippen molar-refractivity contribution in [2.24, 2.45) is 5.84 Å². The zero-order valence-electron chi connectivity index (χ0n) is 10.8. The molecule has 0 amide bonds. The van der Waals surface area contributed by atoms with Gasteiger partial charge in [-0.2, -0.15) is 0 Å². The first-order chi connectivity index (χ1) is 9.78. The molecule has 0 aliphatic carbocycles.